The van der Waals surface area contributed by atoms with Gasteiger partial charge in [-0.25, -0.2) is 0 Å². The first-order valence-electron chi connectivity index (χ1n) is 11.1. The van der Waals surface area contributed by atoms with E-state index in [1.165, 1.54) is 11.0 Å². The summed E-state index contributed by atoms with van der Waals surface area (Å²) in [7, 11) is 0. The molecule has 2 heterocycles. The molecule has 0 spiro atoms. The average Bonchev–Trinajstić information content (AvgIpc) is 3.35. The number of carbonyl (C=O) groups excluding carboxylic acids is 2. The van der Waals surface area contributed by atoms with E-state index in [0.717, 1.165) is 17.5 Å². The van der Waals surface area contributed by atoms with E-state index >= 15 is 0 Å². The molecule has 1 unspecified atom stereocenters. The summed E-state index contributed by atoms with van der Waals surface area (Å²) in [6.45, 7) is 7.99. The van der Waals surface area contributed by atoms with Crippen molar-refractivity contribution in [3.8, 4) is 11.5 Å². The number of phenolic OH excluding ortho intramolecular Hbond substituents is 1. The molecule has 4 rings (SSSR count). The largest absolute Gasteiger partial charge is 0.507 e. The number of aryl methyl sites for hydroxylation is 3. The number of aliphatic hydroxyl groups is 1. The van der Waals surface area contributed by atoms with E-state index < -0.39 is 17.7 Å². The summed E-state index contributed by atoms with van der Waals surface area (Å²) in [5.41, 5.74) is 2.01. The maximum Gasteiger partial charge on any atom is 0.300 e. The van der Waals surface area contributed by atoms with Gasteiger partial charge in [0.2, 0.25) is 0 Å². The van der Waals surface area contributed by atoms with Crippen LogP contribution in [0.25, 0.3) is 5.76 Å². The van der Waals surface area contributed by atoms with Gasteiger partial charge in [-0.3, -0.25) is 14.5 Å². The fraction of sp³-hybridized carbons (Fsp3) is 0.259. The Morgan fingerprint density at radius 1 is 1.06 bits per heavy atom. The molecule has 0 saturated carbocycles. The summed E-state index contributed by atoms with van der Waals surface area (Å²) in [5, 5.41) is 21.8. The SMILES string of the molecule is CCCOc1ccc(/C(O)=C2/C(=O)C(=O)N(c3cc(C)ccc3O)C2c2ccc(C)o2)cc1C. The normalized spacial score (nSPS) is 17.4. The summed E-state index contributed by atoms with van der Waals surface area (Å²) in [4.78, 5) is 27.6. The second kappa shape index (κ2) is 9.09. The molecule has 1 saturated heterocycles. The third-order valence-corrected chi connectivity index (χ3v) is 5.78. The van der Waals surface area contributed by atoms with Crippen molar-refractivity contribution in [3.63, 3.8) is 0 Å². The number of furan rings is 1. The van der Waals surface area contributed by atoms with Crippen LogP contribution in [-0.4, -0.2) is 28.5 Å². The van der Waals surface area contributed by atoms with Gasteiger partial charge in [0.25, 0.3) is 11.7 Å². The number of phenols is 1. The molecule has 3 aromatic rings. The number of rotatable bonds is 6. The first-order valence-corrected chi connectivity index (χ1v) is 11.1. The Kier molecular flexibility index (Phi) is 6.20. The van der Waals surface area contributed by atoms with Gasteiger partial charge in [-0.1, -0.05) is 13.0 Å². The summed E-state index contributed by atoms with van der Waals surface area (Å²) in [6.07, 6.45) is 0.860. The van der Waals surface area contributed by atoms with Gasteiger partial charge in [-0.2, -0.15) is 0 Å². The van der Waals surface area contributed by atoms with Crippen LogP contribution in [-0.2, 0) is 9.59 Å². The molecule has 1 amide bonds. The molecular formula is C27H27NO6. The summed E-state index contributed by atoms with van der Waals surface area (Å²) in [6, 6.07) is 12.2. The zero-order valence-electron chi connectivity index (χ0n) is 19.6. The fourth-order valence-electron chi connectivity index (χ4n) is 4.10. The third kappa shape index (κ3) is 4.05. The minimum absolute atomic E-state index is 0.109. The van der Waals surface area contributed by atoms with Gasteiger partial charge in [0.05, 0.1) is 17.9 Å². The van der Waals surface area contributed by atoms with Crippen LogP contribution in [0, 0.1) is 20.8 Å². The van der Waals surface area contributed by atoms with Crippen LogP contribution in [0.2, 0.25) is 0 Å². The molecule has 0 radical (unpaired) electrons. The van der Waals surface area contributed by atoms with Gasteiger partial charge in [0, 0.05) is 5.56 Å². The maximum atomic E-state index is 13.2. The number of benzene rings is 2. The standard InChI is InChI=1S/C27H27NO6/c1-5-12-33-21-11-8-18(14-16(21)3)25(30)23-24(22-10-7-17(4)34-22)28(27(32)26(23)31)19-13-15(2)6-9-20(19)29/h6-11,13-14,24,29-30H,5,12H2,1-4H3/b25-23-. The van der Waals surface area contributed by atoms with E-state index in [0.29, 0.717) is 29.4 Å². The van der Waals surface area contributed by atoms with E-state index in [1.54, 1.807) is 49.4 Å². The molecule has 0 bridgehead atoms. The van der Waals surface area contributed by atoms with Crippen molar-refractivity contribution in [1.29, 1.82) is 0 Å². The van der Waals surface area contributed by atoms with Crippen LogP contribution in [0.3, 0.4) is 0 Å². The topological polar surface area (TPSA) is 100 Å². The van der Waals surface area contributed by atoms with Gasteiger partial charge in [-0.05, 0) is 80.8 Å². The highest BCUT2D eigenvalue weighted by Crippen LogP contribution is 2.45. The lowest BCUT2D eigenvalue weighted by molar-refractivity contribution is -0.132. The minimum atomic E-state index is -1.04. The summed E-state index contributed by atoms with van der Waals surface area (Å²) < 4.78 is 11.5. The Bertz CT molecular complexity index is 1300. The molecule has 1 fully saturated rings. The number of anilines is 1. The van der Waals surface area contributed by atoms with Gasteiger partial charge in [0.1, 0.15) is 34.8 Å². The highest BCUT2D eigenvalue weighted by molar-refractivity contribution is 6.51. The van der Waals surface area contributed by atoms with Crippen molar-refractivity contribution in [2.24, 2.45) is 0 Å². The Hall–Kier alpha value is -4.00. The number of aromatic hydroxyl groups is 1. The van der Waals surface area contributed by atoms with Crippen LogP contribution in [0.5, 0.6) is 11.5 Å². The molecule has 2 N–H and O–H groups in total. The molecular weight excluding hydrogens is 434 g/mol. The first-order chi connectivity index (χ1) is 16.2. The molecule has 1 atom stereocenters. The smallest absolute Gasteiger partial charge is 0.300 e. The molecule has 7 nitrogen and oxygen atoms in total. The van der Waals surface area contributed by atoms with Gasteiger partial charge in [-0.15, -0.1) is 0 Å². The predicted molar refractivity (Wildman–Crippen MR) is 128 cm³/mol. The number of hydrogen-bond acceptors (Lipinski definition) is 6. The predicted octanol–water partition coefficient (Wildman–Crippen LogP) is 5.33. The van der Waals surface area contributed by atoms with Crippen molar-refractivity contribution in [3.05, 3.63) is 82.3 Å². The molecule has 1 aliphatic rings. The Morgan fingerprint density at radius 3 is 2.47 bits per heavy atom. The van der Waals surface area contributed by atoms with Crippen molar-refractivity contribution in [1.82, 2.24) is 0 Å². The Balaban J connectivity index is 1.89. The monoisotopic (exact) mass is 461 g/mol. The van der Waals surface area contributed by atoms with Gasteiger partial charge >= 0.3 is 0 Å². The van der Waals surface area contributed by atoms with Crippen molar-refractivity contribution in [2.75, 3.05) is 11.5 Å². The number of carbonyl (C=O) groups is 2. The zero-order chi connectivity index (χ0) is 24.6. The average molecular weight is 462 g/mol. The van der Waals surface area contributed by atoms with Crippen LogP contribution < -0.4 is 9.64 Å². The zero-order valence-corrected chi connectivity index (χ0v) is 19.6. The van der Waals surface area contributed by atoms with E-state index in [-0.39, 0.29) is 22.8 Å². The first kappa shape index (κ1) is 23.2. The Labute approximate surface area is 197 Å². The van der Waals surface area contributed by atoms with Crippen molar-refractivity contribution in [2.45, 2.75) is 40.2 Å². The molecule has 176 valence electrons. The van der Waals surface area contributed by atoms with E-state index in [1.807, 2.05) is 20.8 Å². The highest BCUT2D eigenvalue weighted by Gasteiger charge is 2.49. The number of Topliss-reactive ketones (excluding diaryl/α,β-unsaturated/α-hetero) is 1. The van der Waals surface area contributed by atoms with E-state index in [4.69, 9.17) is 9.15 Å². The molecule has 0 aliphatic carbocycles. The highest BCUT2D eigenvalue weighted by atomic mass is 16.5. The van der Waals surface area contributed by atoms with E-state index in [9.17, 15) is 19.8 Å². The van der Waals surface area contributed by atoms with Gasteiger partial charge < -0.3 is 19.4 Å². The third-order valence-electron chi connectivity index (χ3n) is 5.78. The minimum Gasteiger partial charge on any atom is -0.507 e. The molecule has 1 aromatic heterocycles. The van der Waals surface area contributed by atoms with Crippen LogP contribution in [0.4, 0.5) is 5.69 Å². The van der Waals surface area contributed by atoms with Gasteiger partial charge in [0.15, 0.2) is 0 Å². The van der Waals surface area contributed by atoms with Crippen LogP contribution in [0.1, 0.15) is 47.6 Å². The Morgan fingerprint density at radius 2 is 1.82 bits per heavy atom. The lowest BCUT2D eigenvalue weighted by Gasteiger charge is -2.24. The number of nitrogens with zero attached hydrogens (tertiary/aromatic N) is 1. The van der Waals surface area contributed by atoms with Crippen LogP contribution >= 0.6 is 0 Å². The summed E-state index contributed by atoms with van der Waals surface area (Å²) in [5.74, 6) is -0.628. The molecule has 7 heteroatoms. The molecule has 1 aliphatic heterocycles. The quantitative estimate of drug-likeness (QED) is 0.293. The lowest BCUT2D eigenvalue weighted by Crippen LogP contribution is -2.29. The summed E-state index contributed by atoms with van der Waals surface area (Å²) >= 11 is 0. The second-order valence-corrected chi connectivity index (χ2v) is 8.44. The number of ether oxygens (including phenoxy) is 1. The number of ketones is 1. The fourth-order valence-corrected chi connectivity index (χ4v) is 4.10. The second-order valence-electron chi connectivity index (χ2n) is 8.44. The maximum absolute atomic E-state index is 13.2. The number of amides is 1. The van der Waals surface area contributed by atoms with Crippen molar-refractivity contribution < 1.29 is 29.0 Å². The lowest BCUT2D eigenvalue weighted by atomic mass is 9.98. The van der Waals surface area contributed by atoms with Crippen molar-refractivity contribution >= 4 is 23.1 Å². The molecule has 2 aromatic carbocycles. The van der Waals surface area contributed by atoms with Crippen LogP contribution in [0.15, 0.2) is 58.5 Å². The number of aliphatic hydroxyl groups excluding tert-OH is 1. The van der Waals surface area contributed by atoms with E-state index in [2.05, 4.69) is 0 Å². The molecule has 34 heavy (non-hydrogen) atoms. The number of hydrogen-bond donors (Lipinski definition) is 2.